The summed E-state index contributed by atoms with van der Waals surface area (Å²) in [7, 11) is 0. The highest BCUT2D eigenvalue weighted by Crippen LogP contribution is 2.13. The molecule has 2 aromatic rings. The molecule has 1 aromatic carbocycles. The van der Waals surface area contributed by atoms with Crippen molar-refractivity contribution in [2.75, 3.05) is 6.54 Å². The molecule has 0 bridgehead atoms. The SMILES string of the molecule is CCCNCc1coc(COc2ccccc2)c1. The summed E-state index contributed by atoms with van der Waals surface area (Å²) in [4.78, 5) is 0. The maximum Gasteiger partial charge on any atom is 0.146 e. The molecule has 96 valence electrons. The number of furan rings is 1. The molecular formula is C15H19NO2. The van der Waals surface area contributed by atoms with Gasteiger partial charge < -0.3 is 14.5 Å². The summed E-state index contributed by atoms with van der Waals surface area (Å²) in [6.45, 7) is 4.50. The summed E-state index contributed by atoms with van der Waals surface area (Å²) < 4.78 is 11.1. The fraction of sp³-hybridized carbons (Fsp3) is 0.333. The number of para-hydroxylation sites is 1. The van der Waals surface area contributed by atoms with Gasteiger partial charge in [-0.05, 0) is 31.2 Å². The van der Waals surface area contributed by atoms with Crippen molar-refractivity contribution in [3.63, 3.8) is 0 Å². The largest absolute Gasteiger partial charge is 0.486 e. The first kappa shape index (κ1) is 12.7. The van der Waals surface area contributed by atoms with Crippen LogP contribution in [0.5, 0.6) is 5.75 Å². The van der Waals surface area contributed by atoms with E-state index in [1.54, 1.807) is 6.26 Å². The Kier molecular flexibility index (Phi) is 4.85. The molecule has 3 heteroatoms. The van der Waals surface area contributed by atoms with Crippen LogP contribution in [0.3, 0.4) is 0 Å². The van der Waals surface area contributed by atoms with Crippen molar-refractivity contribution in [1.29, 1.82) is 0 Å². The highest BCUT2D eigenvalue weighted by atomic mass is 16.5. The third-order valence-electron chi connectivity index (χ3n) is 2.59. The van der Waals surface area contributed by atoms with E-state index in [-0.39, 0.29) is 0 Å². The minimum absolute atomic E-state index is 0.470. The van der Waals surface area contributed by atoms with Crippen molar-refractivity contribution < 1.29 is 9.15 Å². The Morgan fingerprint density at radius 3 is 2.83 bits per heavy atom. The minimum atomic E-state index is 0.470. The van der Waals surface area contributed by atoms with Gasteiger partial charge in [0.1, 0.15) is 18.1 Å². The Morgan fingerprint density at radius 1 is 1.22 bits per heavy atom. The Bertz CT molecular complexity index is 451. The fourth-order valence-electron chi connectivity index (χ4n) is 1.68. The summed E-state index contributed by atoms with van der Waals surface area (Å²) >= 11 is 0. The molecule has 0 aliphatic rings. The fourth-order valence-corrected chi connectivity index (χ4v) is 1.68. The van der Waals surface area contributed by atoms with Crippen molar-refractivity contribution in [3.8, 4) is 5.75 Å². The molecular weight excluding hydrogens is 226 g/mol. The molecule has 0 atom stereocenters. The van der Waals surface area contributed by atoms with E-state index in [2.05, 4.69) is 12.2 Å². The third kappa shape index (κ3) is 3.93. The predicted molar refractivity (Wildman–Crippen MR) is 71.5 cm³/mol. The van der Waals surface area contributed by atoms with Crippen LogP contribution in [0.2, 0.25) is 0 Å². The molecule has 1 aromatic heterocycles. The number of ether oxygens (including phenoxy) is 1. The first-order chi connectivity index (χ1) is 8.88. The highest BCUT2D eigenvalue weighted by molar-refractivity contribution is 5.21. The summed E-state index contributed by atoms with van der Waals surface area (Å²) in [6.07, 6.45) is 2.92. The van der Waals surface area contributed by atoms with Crippen LogP contribution in [0.4, 0.5) is 0 Å². The number of hydrogen-bond donors (Lipinski definition) is 1. The molecule has 1 N–H and O–H groups in total. The van der Waals surface area contributed by atoms with Gasteiger partial charge in [-0.2, -0.15) is 0 Å². The van der Waals surface area contributed by atoms with Gasteiger partial charge in [-0.25, -0.2) is 0 Å². The van der Waals surface area contributed by atoms with Crippen LogP contribution in [0.1, 0.15) is 24.7 Å². The standard InChI is InChI=1S/C15H19NO2/c1-2-8-16-10-13-9-15(17-11-13)12-18-14-6-4-3-5-7-14/h3-7,9,11,16H,2,8,10,12H2,1H3. The molecule has 2 rings (SSSR count). The average molecular weight is 245 g/mol. The van der Waals surface area contributed by atoms with E-state index >= 15 is 0 Å². The van der Waals surface area contributed by atoms with Crippen molar-refractivity contribution in [3.05, 3.63) is 54.0 Å². The van der Waals surface area contributed by atoms with Crippen LogP contribution in [-0.2, 0) is 13.2 Å². The zero-order valence-corrected chi connectivity index (χ0v) is 10.7. The monoisotopic (exact) mass is 245 g/mol. The third-order valence-corrected chi connectivity index (χ3v) is 2.59. The number of hydrogen-bond acceptors (Lipinski definition) is 3. The van der Waals surface area contributed by atoms with E-state index < -0.39 is 0 Å². The lowest BCUT2D eigenvalue weighted by Crippen LogP contribution is -2.13. The lowest BCUT2D eigenvalue weighted by molar-refractivity contribution is 0.270. The van der Waals surface area contributed by atoms with Crippen molar-refractivity contribution in [2.45, 2.75) is 26.5 Å². The van der Waals surface area contributed by atoms with Crippen LogP contribution in [0, 0.1) is 0 Å². The van der Waals surface area contributed by atoms with E-state index in [1.165, 1.54) is 0 Å². The maximum atomic E-state index is 5.62. The van der Waals surface area contributed by atoms with E-state index in [0.29, 0.717) is 6.61 Å². The second-order valence-electron chi connectivity index (χ2n) is 4.20. The number of benzene rings is 1. The Hall–Kier alpha value is -1.74. The van der Waals surface area contributed by atoms with Gasteiger partial charge in [-0.3, -0.25) is 0 Å². The van der Waals surface area contributed by atoms with Crippen molar-refractivity contribution in [2.24, 2.45) is 0 Å². The topological polar surface area (TPSA) is 34.4 Å². The van der Waals surface area contributed by atoms with Gasteiger partial charge in [0.25, 0.3) is 0 Å². The van der Waals surface area contributed by atoms with Gasteiger partial charge in [0.2, 0.25) is 0 Å². The second kappa shape index (κ2) is 6.87. The number of rotatable bonds is 7. The summed E-state index contributed by atoms with van der Waals surface area (Å²) in [5.74, 6) is 1.71. The van der Waals surface area contributed by atoms with Crippen LogP contribution in [0.25, 0.3) is 0 Å². The molecule has 3 nitrogen and oxygen atoms in total. The molecule has 18 heavy (non-hydrogen) atoms. The quantitative estimate of drug-likeness (QED) is 0.759. The first-order valence-electron chi connectivity index (χ1n) is 6.33. The highest BCUT2D eigenvalue weighted by Gasteiger charge is 2.02. The van der Waals surface area contributed by atoms with Gasteiger partial charge >= 0.3 is 0 Å². The van der Waals surface area contributed by atoms with Crippen molar-refractivity contribution >= 4 is 0 Å². The lowest BCUT2D eigenvalue weighted by atomic mass is 10.3. The molecule has 0 spiro atoms. The molecule has 0 saturated carbocycles. The van der Waals surface area contributed by atoms with Crippen LogP contribution in [-0.4, -0.2) is 6.54 Å². The molecule has 0 fully saturated rings. The molecule has 0 saturated heterocycles. The minimum Gasteiger partial charge on any atom is -0.486 e. The van der Waals surface area contributed by atoms with Gasteiger partial charge in [0, 0.05) is 12.1 Å². The average Bonchev–Trinajstić information content (AvgIpc) is 2.86. The zero-order valence-electron chi connectivity index (χ0n) is 10.7. The van der Waals surface area contributed by atoms with Crippen LogP contribution in [0.15, 0.2) is 47.1 Å². The van der Waals surface area contributed by atoms with E-state index in [4.69, 9.17) is 9.15 Å². The molecule has 0 aliphatic heterocycles. The molecule has 0 aliphatic carbocycles. The molecule has 0 radical (unpaired) electrons. The normalized spacial score (nSPS) is 10.5. The van der Waals surface area contributed by atoms with Crippen molar-refractivity contribution in [1.82, 2.24) is 5.32 Å². The van der Waals surface area contributed by atoms with Gasteiger partial charge in [0.15, 0.2) is 0 Å². The summed E-state index contributed by atoms with van der Waals surface area (Å²) in [5, 5.41) is 3.34. The van der Waals surface area contributed by atoms with E-state index in [0.717, 1.165) is 36.6 Å². The smallest absolute Gasteiger partial charge is 0.146 e. The van der Waals surface area contributed by atoms with Gasteiger partial charge in [-0.1, -0.05) is 25.1 Å². The maximum absolute atomic E-state index is 5.62. The van der Waals surface area contributed by atoms with Crippen LogP contribution >= 0.6 is 0 Å². The van der Waals surface area contributed by atoms with Gasteiger partial charge in [0.05, 0.1) is 6.26 Å². The molecule has 0 amide bonds. The molecule has 0 unspecified atom stereocenters. The zero-order chi connectivity index (χ0) is 12.6. The summed E-state index contributed by atoms with van der Waals surface area (Å²) in [5.41, 5.74) is 1.16. The van der Waals surface area contributed by atoms with Gasteiger partial charge in [-0.15, -0.1) is 0 Å². The Labute approximate surface area is 108 Å². The Balaban J connectivity index is 1.80. The van der Waals surface area contributed by atoms with E-state index in [9.17, 15) is 0 Å². The number of nitrogens with one attached hydrogen (secondary N) is 1. The van der Waals surface area contributed by atoms with Crippen LogP contribution < -0.4 is 10.1 Å². The Morgan fingerprint density at radius 2 is 2.06 bits per heavy atom. The summed E-state index contributed by atoms with van der Waals surface area (Å²) in [6, 6.07) is 11.8. The molecule has 1 heterocycles. The van der Waals surface area contributed by atoms with E-state index in [1.807, 2.05) is 36.4 Å². The first-order valence-corrected chi connectivity index (χ1v) is 6.33. The predicted octanol–water partition coefficient (Wildman–Crippen LogP) is 3.36. The second-order valence-corrected chi connectivity index (χ2v) is 4.20. The lowest BCUT2D eigenvalue weighted by Gasteiger charge is -2.02.